The Hall–Kier alpha value is -3.07. The number of carbonyl (C=O) groups excluding carboxylic acids is 1. The van der Waals surface area contributed by atoms with Crippen molar-refractivity contribution in [1.82, 2.24) is 15.1 Å². The van der Waals surface area contributed by atoms with E-state index < -0.39 is 36.5 Å². The van der Waals surface area contributed by atoms with Crippen LogP contribution >= 0.6 is 11.6 Å². The second-order valence-electron chi connectivity index (χ2n) is 6.18. The number of aliphatic hydroxyl groups is 2. The molecule has 0 bridgehead atoms. The lowest BCUT2D eigenvalue weighted by Gasteiger charge is -2.15. The lowest BCUT2D eigenvalue weighted by molar-refractivity contribution is 0.0877. The van der Waals surface area contributed by atoms with E-state index in [1.807, 2.05) is 0 Å². The van der Waals surface area contributed by atoms with Crippen molar-refractivity contribution in [1.29, 1.82) is 0 Å². The van der Waals surface area contributed by atoms with Crippen molar-refractivity contribution in [3.63, 3.8) is 0 Å². The molecule has 0 atom stereocenters. The Morgan fingerprint density at radius 2 is 1.83 bits per heavy atom. The number of nitrogens with one attached hydrogen (secondary N) is 1. The van der Waals surface area contributed by atoms with Crippen LogP contribution in [0.5, 0.6) is 0 Å². The van der Waals surface area contributed by atoms with Gasteiger partial charge in [0.15, 0.2) is 0 Å². The van der Waals surface area contributed by atoms with Crippen molar-refractivity contribution in [3.8, 4) is 16.9 Å². The Morgan fingerprint density at radius 1 is 1.14 bits per heavy atom. The van der Waals surface area contributed by atoms with Gasteiger partial charge >= 0.3 is 0 Å². The minimum atomic E-state index is -0.934. The average molecular weight is 418 g/mol. The Kier molecular flexibility index (Phi) is 6.38. The van der Waals surface area contributed by atoms with Gasteiger partial charge in [-0.15, -0.1) is 0 Å². The zero-order valence-electron chi connectivity index (χ0n) is 15.0. The van der Waals surface area contributed by atoms with Crippen LogP contribution in [0.1, 0.15) is 10.4 Å². The molecule has 0 unspecified atom stereocenters. The number of hydrogen-bond donors (Lipinski definition) is 3. The molecular formula is C20H17ClFN3O4. The van der Waals surface area contributed by atoms with E-state index in [0.29, 0.717) is 10.6 Å². The monoisotopic (exact) mass is 417 g/mol. The molecule has 29 heavy (non-hydrogen) atoms. The molecule has 150 valence electrons. The fraction of sp³-hybridized carbons (Fsp3) is 0.150. The van der Waals surface area contributed by atoms with Crippen LogP contribution in [0, 0.1) is 5.82 Å². The molecule has 0 radical (unpaired) electrons. The Bertz CT molecular complexity index is 1080. The predicted molar refractivity (Wildman–Crippen MR) is 106 cm³/mol. The number of hydrogen-bond acceptors (Lipinski definition) is 5. The largest absolute Gasteiger partial charge is 0.394 e. The zero-order chi connectivity index (χ0) is 21.0. The minimum absolute atomic E-state index is 0.140. The van der Waals surface area contributed by atoms with Gasteiger partial charge in [0.2, 0.25) is 0 Å². The van der Waals surface area contributed by atoms with Gasteiger partial charge in [-0.05, 0) is 36.4 Å². The summed E-state index contributed by atoms with van der Waals surface area (Å²) in [5.41, 5.74) is -0.0584. The van der Waals surface area contributed by atoms with E-state index in [0.717, 1.165) is 10.7 Å². The van der Waals surface area contributed by atoms with Crippen molar-refractivity contribution in [2.75, 3.05) is 13.2 Å². The SMILES string of the molecule is O=C(NC(CO)CO)c1cc(-c2ccc(Cl)cc2)nn(-c2cccc(F)c2)c1=O. The van der Waals surface area contributed by atoms with E-state index in [2.05, 4.69) is 10.4 Å². The summed E-state index contributed by atoms with van der Waals surface area (Å²) in [6.07, 6.45) is 0. The summed E-state index contributed by atoms with van der Waals surface area (Å²) < 4.78 is 14.6. The highest BCUT2D eigenvalue weighted by Gasteiger charge is 2.20. The third-order valence-corrected chi connectivity index (χ3v) is 4.38. The normalized spacial score (nSPS) is 10.9. The van der Waals surface area contributed by atoms with Crippen LogP contribution in [0.3, 0.4) is 0 Å². The second-order valence-corrected chi connectivity index (χ2v) is 6.62. The van der Waals surface area contributed by atoms with Crippen molar-refractivity contribution >= 4 is 17.5 Å². The molecule has 0 fully saturated rings. The highest BCUT2D eigenvalue weighted by molar-refractivity contribution is 6.30. The number of rotatable bonds is 6. The number of aliphatic hydroxyl groups excluding tert-OH is 2. The van der Waals surface area contributed by atoms with E-state index >= 15 is 0 Å². The lowest BCUT2D eigenvalue weighted by Crippen LogP contribution is -2.43. The highest BCUT2D eigenvalue weighted by Crippen LogP contribution is 2.20. The molecule has 0 aliphatic carbocycles. The smallest absolute Gasteiger partial charge is 0.284 e. The first-order valence-corrected chi connectivity index (χ1v) is 8.99. The van der Waals surface area contributed by atoms with Crippen LogP contribution < -0.4 is 10.9 Å². The van der Waals surface area contributed by atoms with E-state index in [4.69, 9.17) is 11.6 Å². The zero-order valence-corrected chi connectivity index (χ0v) is 15.8. The molecule has 1 aromatic heterocycles. The molecule has 9 heteroatoms. The quantitative estimate of drug-likeness (QED) is 0.567. The van der Waals surface area contributed by atoms with Crippen molar-refractivity contribution in [2.24, 2.45) is 0 Å². The molecule has 0 aliphatic heterocycles. The molecule has 7 nitrogen and oxygen atoms in total. The molecule has 1 amide bonds. The third-order valence-electron chi connectivity index (χ3n) is 4.12. The van der Waals surface area contributed by atoms with Gasteiger partial charge in [0, 0.05) is 10.6 Å². The third kappa shape index (κ3) is 4.68. The molecule has 3 aromatic rings. The Labute approximate surface area is 170 Å². The van der Waals surface area contributed by atoms with E-state index in [9.17, 15) is 24.2 Å². The van der Waals surface area contributed by atoms with E-state index in [1.165, 1.54) is 24.3 Å². The minimum Gasteiger partial charge on any atom is -0.394 e. The molecule has 0 spiro atoms. The van der Waals surface area contributed by atoms with E-state index in [-0.39, 0.29) is 16.9 Å². The number of aromatic nitrogens is 2. The standard InChI is InChI=1S/C20H17ClFN3O4/c21-13-6-4-12(5-7-13)18-9-17(19(28)23-15(10-26)11-27)20(29)25(24-18)16-3-1-2-14(22)8-16/h1-9,15,26-27H,10-11H2,(H,23,28). The van der Waals surface area contributed by atoms with Crippen LogP contribution in [-0.2, 0) is 0 Å². The summed E-state index contributed by atoms with van der Waals surface area (Å²) in [5, 5.41) is 25.5. The lowest BCUT2D eigenvalue weighted by atomic mass is 10.1. The summed E-state index contributed by atoms with van der Waals surface area (Å²) in [4.78, 5) is 25.5. The van der Waals surface area contributed by atoms with Crippen LogP contribution in [0.15, 0.2) is 59.4 Å². The maximum atomic E-state index is 13.7. The first kappa shape index (κ1) is 20.7. The molecular weight excluding hydrogens is 401 g/mol. The van der Waals surface area contributed by atoms with Crippen LogP contribution in [0.2, 0.25) is 5.02 Å². The van der Waals surface area contributed by atoms with E-state index in [1.54, 1.807) is 24.3 Å². The first-order valence-electron chi connectivity index (χ1n) is 8.61. The summed E-state index contributed by atoms with van der Waals surface area (Å²) in [6.45, 7) is -1.01. The van der Waals surface area contributed by atoms with Gasteiger partial charge in [0.25, 0.3) is 11.5 Å². The van der Waals surface area contributed by atoms with Crippen molar-refractivity contribution in [2.45, 2.75) is 6.04 Å². The maximum Gasteiger partial charge on any atom is 0.284 e. The molecule has 3 N–H and O–H groups in total. The first-order chi connectivity index (χ1) is 13.9. The number of halogens is 2. The van der Waals surface area contributed by atoms with Gasteiger partial charge in [-0.2, -0.15) is 9.78 Å². The fourth-order valence-electron chi connectivity index (χ4n) is 2.61. The maximum absolute atomic E-state index is 13.7. The van der Waals surface area contributed by atoms with Crippen molar-refractivity contribution in [3.05, 3.63) is 81.4 Å². The van der Waals surface area contributed by atoms with Gasteiger partial charge < -0.3 is 15.5 Å². The van der Waals surface area contributed by atoms with Gasteiger partial charge in [-0.3, -0.25) is 9.59 Å². The number of nitrogens with zero attached hydrogens (tertiary/aromatic N) is 2. The number of benzene rings is 2. The summed E-state index contributed by atoms with van der Waals surface area (Å²) in [6, 6.07) is 12.2. The summed E-state index contributed by atoms with van der Waals surface area (Å²) in [5.74, 6) is -1.37. The fourth-order valence-corrected chi connectivity index (χ4v) is 2.74. The second kappa shape index (κ2) is 8.95. The Morgan fingerprint density at radius 3 is 2.45 bits per heavy atom. The van der Waals surface area contributed by atoms with Crippen molar-refractivity contribution < 1.29 is 19.4 Å². The number of carbonyl (C=O) groups is 1. The Balaban J connectivity index is 2.17. The van der Waals surface area contributed by atoms with Gasteiger partial charge in [0.05, 0.1) is 30.6 Å². The van der Waals surface area contributed by atoms with Gasteiger partial charge in [-0.1, -0.05) is 29.8 Å². The topological polar surface area (TPSA) is 104 Å². The average Bonchev–Trinajstić information content (AvgIpc) is 2.72. The molecule has 2 aromatic carbocycles. The predicted octanol–water partition coefficient (Wildman–Crippen LogP) is 1.77. The van der Waals surface area contributed by atoms with Crippen LogP contribution in [0.25, 0.3) is 16.9 Å². The van der Waals surface area contributed by atoms with Crippen LogP contribution in [-0.4, -0.2) is 45.2 Å². The number of amides is 1. The molecule has 0 saturated heterocycles. The molecule has 1 heterocycles. The molecule has 0 saturated carbocycles. The van der Waals surface area contributed by atoms with Gasteiger partial charge in [0.1, 0.15) is 11.4 Å². The highest BCUT2D eigenvalue weighted by atomic mass is 35.5. The molecule has 3 rings (SSSR count). The van der Waals surface area contributed by atoms with Crippen LogP contribution in [0.4, 0.5) is 4.39 Å². The van der Waals surface area contributed by atoms with Gasteiger partial charge in [-0.25, -0.2) is 4.39 Å². The molecule has 0 aliphatic rings. The summed E-state index contributed by atoms with van der Waals surface area (Å²) >= 11 is 5.91. The summed E-state index contributed by atoms with van der Waals surface area (Å²) in [7, 11) is 0.